The van der Waals surface area contributed by atoms with Crippen LogP contribution in [0.2, 0.25) is 0 Å². The highest BCUT2D eigenvalue weighted by atomic mass is 16.3. The van der Waals surface area contributed by atoms with Crippen LogP contribution in [0.5, 0.6) is 0 Å². The lowest BCUT2D eigenvalue weighted by Gasteiger charge is -2.26. The van der Waals surface area contributed by atoms with Gasteiger partial charge in [0.05, 0.1) is 12.5 Å². The van der Waals surface area contributed by atoms with Crippen molar-refractivity contribution in [2.24, 2.45) is 5.73 Å². The third-order valence-electron chi connectivity index (χ3n) is 3.55. The van der Waals surface area contributed by atoms with Crippen LogP contribution in [0.15, 0.2) is 23.0 Å². The Hall–Kier alpha value is -0.800. The highest BCUT2D eigenvalue weighted by Crippen LogP contribution is 2.13. The maximum atomic E-state index is 5.88. The molecule has 1 atom stereocenters. The molecule has 3 heteroatoms. The van der Waals surface area contributed by atoms with Gasteiger partial charge >= 0.3 is 0 Å². The van der Waals surface area contributed by atoms with Gasteiger partial charge in [0.25, 0.3) is 0 Å². The van der Waals surface area contributed by atoms with Gasteiger partial charge in [-0.15, -0.1) is 0 Å². The summed E-state index contributed by atoms with van der Waals surface area (Å²) in [7, 11) is 2.15. The smallest absolute Gasteiger partial charge is 0.0947 e. The third-order valence-corrected chi connectivity index (χ3v) is 3.55. The van der Waals surface area contributed by atoms with Crippen molar-refractivity contribution in [2.45, 2.75) is 58.0 Å². The lowest BCUT2D eigenvalue weighted by atomic mass is 10.1. The van der Waals surface area contributed by atoms with E-state index in [1.165, 1.54) is 44.1 Å². The first-order chi connectivity index (χ1) is 8.77. The SMILES string of the molecule is CCCCCCCC(CN)N(C)Cc1ccoc1. The van der Waals surface area contributed by atoms with E-state index in [1.54, 1.807) is 6.26 Å². The lowest BCUT2D eigenvalue weighted by molar-refractivity contribution is 0.222. The molecule has 0 amide bonds. The fraction of sp³-hybridized carbons (Fsp3) is 0.733. The molecular weight excluding hydrogens is 224 g/mol. The Morgan fingerprint density at radius 3 is 2.67 bits per heavy atom. The fourth-order valence-corrected chi connectivity index (χ4v) is 2.30. The van der Waals surface area contributed by atoms with Gasteiger partial charge < -0.3 is 10.2 Å². The van der Waals surface area contributed by atoms with Crippen molar-refractivity contribution in [3.63, 3.8) is 0 Å². The molecule has 3 nitrogen and oxygen atoms in total. The minimum atomic E-state index is 0.488. The van der Waals surface area contributed by atoms with Crippen LogP contribution in [0.3, 0.4) is 0 Å². The largest absolute Gasteiger partial charge is 0.472 e. The van der Waals surface area contributed by atoms with Gasteiger partial charge in [-0.25, -0.2) is 0 Å². The summed E-state index contributed by atoms with van der Waals surface area (Å²) in [5, 5.41) is 0. The molecular formula is C15H28N2O. The zero-order chi connectivity index (χ0) is 13.2. The zero-order valence-corrected chi connectivity index (χ0v) is 11.9. The number of likely N-dealkylation sites (N-methyl/N-ethyl adjacent to an activating group) is 1. The highest BCUT2D eigenvalue weighted by Gasteiger charge is 2.13. The molecule has 18 heavy (non-hydrogen) atoms. The van der Waals surface area contributed by atoms with Crippen molar-refractivity contribution in [1.82, 2.24) is 4.90 Å². The summed E-state index contributed by atoms with van der Waals surface area (Å²) in [5.74, 6) is 0. The molecule has 1 aromatic rings. The summed E-state index contributed by atoms with van der Waals surface area (Å²) in [6.45, 7) is 3.91. The molecule has 0 aromatic carbocycles. The van der Waals surface area contributed by atoms with Crippen molar-refractivity contribution < 1.29 is 4.42 Å². The molecule has 0 bridgehead atoms. The standard InChI is InChI=1S/C15H28N2O/c1-3-4-5-6-7-8-15(11-16)17(2)12-14-9-10-18-13-14/h9-10,13,15H,3-8,11-12,16H2,1-2H3. The van der Waals surface area contributed by atoms with Crippen LogP contribution in [0.4, 0.5) is 0 Å². The topological polar surface area (TPSA) is 42.4 Å². The average Bonchev–Trinajstić information content (AvgIpc) is 2.86. The van der Waals surface area contributed by atoms with E-state index in [-0.39, 0.29) is 0 Å². The predicted molar refractivity (Wildman–Crippen MR) is 76.4 cm³/mol. The van der Waals surface area contributed by atoms with Crippen LogP contribution in [0.25, 0.3) is 0 Å². The number of unbranched alkanes of at least 4 members (excludes halogenated alkanes) is 4. The second kappa shape index (κ2) is 9.17. The first-order valence-corrected chi connectivity index (χ1v) is 7.19. The van der Waals surface area contributed by atoms with Crippen molar-refractivity contribution >= 4 is 0 Å². The number of furan rings is 1. The molecule has 1 aromatic heterocycles. The molecule has 0 saturated carbocycles. The summed E-state index contributed by atoms with van der Waals surface area (Å²) in [4.78, 5) is 2.34. The number of nitrogens with zero attached hydrogens (tertiary/aromatic N) is 1. The van der Waals surface area contributed by atoms with E-state index in [1.807, 2.05) is 12.3 Å². The van der Waals surface area contributed by atoms with Gasteiger partial charge in [-0.05, 0) is 19.5 Å². The fourth-order valence-electron chi connectivity index (χ4n) is 2.30. The van der Waals surface area contributed by atoms with E-state index >= 15 is 0 Å². The molecule has 1 unspecified atom stereocenters. The van der Waals surface area contributed by atoms with Gasteiger partial charge in [-0.3, -0.25) is 4.90 Å². The van der Waals surface area contributed by atoms with E-state index in [0.717, 1.165) is 13.1 Å². The monoisotopic (exact) mass is 252 g/mol. The van der Waals surface area contributed by atoms with E-state index in [4.69, 9.17) is 10.2 Å². The van der Waals surface area contributed by atoms with Crippen molar-refractivity contribution in [3.8, 4) is 0 Å². The van der Waals surface area contributed by atoms with Crippen molar-refractivity contribution in [3.05, 3.63) is 24.2 Å². The Bertz CT molecular complexity index is 285. The van der Waals surface area contributed by atoms with Crippen molar-refractivity contribution in [1.29, 1.82) is 0 Å². The molecule has 1 rings (SSSR count). The van der Waals surface area contributed by atoms with Crippen LogP contribution < -0.4 is 5.73 Å². The Morgan fingerprint density at radius 2 is 2.06 bits per heavy atom. The van der Waals surface area contributed by atoms with Gasteiger partial charge in [-0.1, -0.05) is 39.0 Å². The Kier molecular flexibility index (Phi) is 7.78. The molecule has 0 aliphatic rings. The summed E-state index contributed by atoms with van der Waals surface area (Å²) in [6.07, 6.45) is 11.4. The van der Waals surface area contributed by atoms with Gasteiger partial charge in [0.1, 0.15) is 0 Å². The second-order valence-corrected chi connectivity index (χ2v) is 5.14. The van der Waals surface area contributed by atoms with Crippen molar-refractivity contribution in [2.75, 3.05) is 13.6 Å². The Balaban J connectivity index is 2.22. The normalized spacial score (nSPS) is 13.1. The van der Waals surface area contributed by atoms with Crippen LogP contribution in [-0.2, 0) is 6.54 Å². The molecule has 2 N–H and O–H groups in total. The number of nitrogens with two attached hydrogens (primary N) is 1. The number of rotatable bonds is 10. The van der Waals surface area contributed by atoms with E-state index in [9.17, 15) is 0 Å². The van der Waals surface area contributed by atoms with E-state index in [0.29, 0.717) is 6.04 Å². The van der Waals surface area contributed by atoms with Crippen LogP contribution in [-0.4, -0.2) is 24.5 Å². The summed E-state index contributed by atoms with van der Waals surface area (Å²) in [6, 6.07) is 2.51. The molecule has 1 heterocycles. The summed E-state index contributed by atoms with van der Waals surface area (Å²) >= 11 is 0. The maximum absolute atomic E-state index is 5.88. The molecule has 0 aliphatic heterocycles. The number of hydrogen-bond acceptors (Lipinski definition) is 3. The average molecular weight is 252 g/mol. The molecule has 0 fully saturated rings. The molecule has 0 saturated heterocycles. The molecule has 0 spiro atoms. The maximum Gasteiger partial charge on any atom is 0.0947 e. The lowest BCUT2D eigenvalue weighted by Crippen LogP contribution is -2.37. The molecule has 104 valence electrons. The van der Waals surface area contributed by atoms with Gasteiger partial charge in [0, 0.05) is 24.7 Å². The minimum absolute atomic E-state index is 0.488. The molecule has 0 radical (unpaired) electrons. The Labute approximate surface area is 111 Å². The second-order valence-electron chi connectivity index (χ2n) is 5.14. The number of hydrogen-bond donors (Lipinski definition) is 1. The van der Waals surface area contributed by atoms with Crippen LogP contribution in [0, 0.1) is 0 Å². The van der Waals surface area contributed by atoms with Crippen LogP contribution >= 0.6 is 0 Å². The van der Waals surface area contributed by atoms with Gasteiger partial charge in [0.15, 0.2) is 0 Å². The van der Waals surface area contributed by atoms with Gasteiger partial charge in [0.2, 0.25) is 0 Å². The minimum Gasteiger partial charge on any atom is -0.472 e. The van der Waals surface area contributed by atoms with Crippen LogP contribution in [0.1, 0.15) is 51.0 Å². The first kappa shape index (κ1) is 15.3. The van der Waals surface area contributed by atoms with Gasteiger partial charge in [-0.2, -0.15) is 0 Å². The highest BCUT2D eigenvalue weighted by molar-refractivity contribution is 5.05. The first-order valence-electron chi connectivity index (χ1n) is 7.19. The molecule has 0 aliphatic carbocycles. The van der Waals surface area contributed by atoms with E-state index < -0.39 is 0 Å². The quantitative estimate of drug-likeness (QED) is 0.649. The summed E-state index contributed by atoms with van der Waals surface area (Å²) < 4.78 is 5.10. The summed E-state index contributed by atoms with van der Waals surface area (Å²) in [5.41, 5.74) is 7.10. The predicted octanol–water partition coefficient (Wildman–Crippen LogP) is 3.40. The third kappa shape index (κ3) is 5.69. The van der Waals surface area contributed by atoms with E-state index in [2.05, 4.69) is 18.9 Å². The Morgan fingerprint density at radius 1 is 1.28 bits per heavy atom. The zero-order valence-electron chi connectivity index (χ0n) is 11.9.